The van der Waals surface area contributed by atoms with Crippen LogP contribution in [0.4, 0.5) is 0 Å². The lowest BCUT2D eigenvalue weighted by Gasteiger charge is -2.13. The molecule has 0 fully saturated rings. The molecular formula is C15H17N2O5PS. The summed E-state index contributed by atoms with van der Waals surface area (Å²) in [6.45, 7) is 1.83. The zero-order valence-corrected chi connectivity index (χ0v) is 14.8. The first-order valence-corrected chi connectivity index (χ1v) is 9.93. The Kier molecular flexibility index (Phi) is 5.56. The second kappa shape index (κ2) is 7.27. The smallest absolute Gasteiger partial charge is 0.320 e. The van der Waals surface area contributed by atoms with Crippen LogP contribution in [0.5, 0.6) is 0 Å². The Morgan fingerprint density at radius 1 is 1.12 bits per heavy atom. The van der Waals surface area contributed by atoms with Crippen molar-refractivity contribution in [3.63, 3.8) is 0 Å². The normalized spacial score (nSPS) is 14.9. The molecule has 0 aliphatic rings. The van der Waals surface area contributed by atoms with E-state index >= 15 is 0 Å². The van der Waals surface area contributed by atoms with E-state index in [2.05, 4.69) is 9.63 Å². The fourth-order valence-electron chi connectivity index (χ4n) is 1.84. The van der Waals surface area contributed by atoms with Gasteiger partial charge in [0.25, 0.3) is 10.0 Å². The Labute approximate surface area is 140 Å². The fraction of sp³-hybridized carbons (Fsp3) is 0.133. The van der Waals surface area contributed by atoms with Gasteiger partial charge in [-0.2, -0.15) is 18.4 Å². The van der Waals surface area contributed by atoms with Crippen molar-refractivity contribution in [2.45, 2.75) is 11.8 Å². The molecule has 1 atom stereocenters. The molecular weight excluding hydrogens is 351 g/mol. The number of nitrogens with one attached hydrogen (secondary N) is 1. The van der Waals surface area contributed by atoms with E-state index in [1.165, 1.54) is 24.3 Å². The summed E-state index contributed by atoms with van der Waals surface area (Å²) in [6.07, 6.45) is 0. The van der Waals surface area contributed by atoms with Gasteiger partial charge in [-0.15, -0.1) is 0 Å². The number of rotatable bonds is 6. The summed E-state index contributed by atoms with van der Waals surface area (Å²) in [7, 11) is -7.19. The van der Waals surface area contributed by atoms with Gasteiger partial charge >= 0.3 is 7.60 Å². The summed E-state index contributed by atoms with van der Waals surface area (Å²) in [4.78, 5) is 11.9. The van der Waals surface area contributed by atoms with Gasteiger partial charge in [-0.1, -0.05) is 48.0 Å². The largest absolute Gasteiger partial charge is 0.379 e. The fourth-order valence-corrected chi connectivity index (χ4v) is 3.54. The Hall–Kier alpha value is -1.99. The lowest BCUT2D eigenvalue weighted by atomic mass is 10.2. The SMILES string of the molecule is COP(=O)(O)/C(=N/NS(=O)(=O)c1ccc(C)cc1)c1ccccc1. The number of sulfonamides is 1. The maximum absolute atomic E-state index is 12.3. The van der Waals surface area contributed by atoms with E-state index in [1.807, 2.05) is 11.8 Å². The molecule has 0 aliphatic carbocycles. The van der Waals surface area contributed by atoms with E-state index in [0.29, 0.717) is 0 Å². The first kappa shape index (κ1) is 18.4. The Balaban J connectivity index is 2.41. The van der Waals surface area contributed by atoms with Gasteiger partial charge in [-0.25, -0.2) is 0 Å². The lowest BCUT2D eigenvalue weighted by molar-refractivity contribution is 0.331. The number of hydrogen-bond donors (Lipinski definition) is 2. The van der Waals surface area contributed by atoms with E-state index in [1.54, 1.807) is 30.3 Å². The van der Waals surface area contributed by atoms with Crippen LogP contribution in [-0.4, -0.2) is 25.9 Å². The van der Waals surface area contributed by atoms with Gasteiger partial charge in [0.15, 0.2) is 5.45 Å². The number of nitrogens with zero attached hydrogens (tertiary/aromatic N) is 1. The van der Waals surface area contributed by atoms with Crippen molar-refractivity contribution < 1.29 is 22.4 Å². The van der Waals surface area contributed by atoms with Crippen LogP contribution in [0, 0.1) is 6.92 Å². The second-order valence-electron chi connectivity index (χ2n) is 4.91. The molecule has 0 aliphatic heterocycles. The highest BCUT2D eigenvalue weighted by Gasteiger charge is 2.29. The summed E-state index contributed by atoms with van der Waals surface area (Å²) < 4.78 is 41.3. The van der Waals surface area contributed by atoms with Crippen LogP contribution in [0.15, 0.2) is 64.6 Å². The van der Waals surface area contributed by atoms with Crippen molar-refractivity contribution in [3.05, 3.63) is 65.7 Å². The first-order chi connectivity index (χ1) is 11.3. The molecule has 128 valence electrons. The summed E-state index contributed by atoms with van der Waals surface area (Å²) in [5.41, 5.74) is 0.791. The molecule has 9 heteroatoms. The third-order valence-electron chi connectivity index (χ3n) is 3.15. The highest BCUT2D eigenvalue weighted by atomic mass is 32.2. The molecule has 0 aromatic heterocycles. The average Bonchev–Trinajstić information content (AvgIpc) is 2.56. The maximum Gasteiger partial charge on any atom is 0.379 e. The topological polar surface area (TPSA) is 105 Å². The minimum absolute atomic E-state index is 0.00514. The minimum Gasteiger partial charge on any atom is -0.320 e. The van der Waals surface area contributed by atoms with Crippen LogP contribution < -0.4 is 4.83 Å². The van der Waals surface area contributed by atoms with Gasteiger partial charge in [0.05, 0.1) is 4.90 Å². The molecule has 2 aromatic rings. The number of hydrazone groups is 1. The van der Waals surface area contributed by atoms with Crippen LogP contribution in [0.1, 0.15) is 11.1 Å². The molecule has 1 unspecified atom stereocenters. The van der Waals surface area contributed by atoms with Crippen LogP contribution in [-0.2, 0) is 19.1 Å². The molecule has 2 N–H and O–H groups in total. The van der Waals surface area contributed by atoms with Gasteiger partial charge in [-0.3, -0.25) is 4.57 Å². The van der Waals surface area contributed by atoms with Crippen LogP contribution in [0.2, 0.25) is 0 Å². The lowest BCUT2D eigenvalue weighted by Crippen LogP contribution is -2.21. The third kappa shape index (κ3) is 4.30. The number of aryl methyl sites for hydroxylation is 1. The Bertz CT molecular complexity index is 880. The van der Waals surface area contributed by atoms with Crippen molar-refractivity contribution in [3.8, 4) is 0 Å². The highest BCUT2D eigenvalue weighted by molar-refractivity contribution is 7.89. The molecule has 24 heavy (non-hydrogen) atoms. The van der Waals surface area contributed by atoms with E-state index in [-0.39, 0.29) is 15.9 Å². The molecule has 0 radical (unpaired) electrons. The Morgan fingerprint density at radius 3 is 2.25 bits per heavy atom. The maximum atomic E-state index is 12.3. The molecule has 0 saturated carbocycles. The van der Waals surface area contributed by atoms with Crippen molar-refractivity contribution in [1.82, 2.24) is 4.83 Å². The van der Waals surface area contributed by atoms with Gasteiger partial charge < -0.3 is 9.42 Å². The molecule has 0 heterocycles. The molecule has 2 rings (SSSR count). The molecule has 7 nitrogen and oxygen atoms in total. The number of hydrogen-bond acceptors (Lipinski definition) is 5. The average molecular weight is 368 g/mol. The van der Waals surface area contributed by atoms with Crippen molar-refractivity contribution in [1.29, 1.82) is 0 Å². The monoisotopic (exact) mass is 368 g/mol. The predicted octanol–water partition coefficient (Wildman–Crippen LogP) is 2.47. The van der Waals surface area contributed by atoms with E-state index in [0.717, 1.165) is 12.7 Å². The summed E-state index contributed by atoms with van der Waals surface area (Å²) >= 11 is 0. The summed E-state index contributed by atoms with van der Waals surface area (Å²) in [6, 6.07) is 14.2. The van der Waals surface area contributed by atoms with Crippen LogP contribution >= 0.6 is 7.60 Å². The first-order valence-electron chi connectivity index (χ1n) is 6.87. The standard InChI is InChI=1S/C15H17N2O5PS/c1-12-8-10-14(11-9-12)24(20,21)17-16-15(23(18,19)22-2)13-6-4-3-5-7-13/h3-11,17H,1-2H3,(H,18,19)/b16-15+. The molecule has 0 spiro atoms. The van der Waals surface area contributed by atoms with E-state index in [4.69, 9.17) is 0 Å². The summed E-state index contributed by atoms with van der Waals surface area (Å²) in [5, 5.41) is 3.65. The van der Waals surface area contributed by atoms with Crippen molar-refractivity contribution in [2.24, 2.45) is 5.10 Å². The van der Waals surface area contributed by atoms with E-state index in [9.17, 15) is 17.9 Å². The molecule has 2 aromatic carbocycles. The summed E-state index contributed by atoms with van der Waals surface area (Å²) in [5.74, 6) is 0. The van der Waals surface area contributed by atoms with Crippen molar-refractivity contribution >= 4 is 23.1 Å². The van der Waals surface area contributed by atoms with Gasteiger partial charge in [-0.05, 0) is 19.1 Å². The van der Waals surface area contributed by atoms with Gasteiger partial charge in [0, 0.05) is 12.7 Å². The zero-order valence-electron chi connectivity index (χ0n) is 13.1. The second-order valence-corrected chi connectivity index (χ2v) is 8.40. The predicted molar refractivity (Wildman–Crippen MR) is 91.3 cm³/mol. The van der Waals surface area contributed by atoms with Gasteiger partial charge in [0.1, 0.15) is 0 Å². The van der Waals surface area contributed by atoms with Crippen LogP contribution in [0.25, 0.3) is 0 Å². The van der Waals surface area contributed by atoms with E-state index < -0.39 is 17.6 Å². The molecule has 0 bridgehead atoms. The zero-order chi connectivity index (χ0) is 17.8. The van der Waals surface area contributed by atoms with Gasteiger partial charge in [0.2, 0.25) is 0 Å². The minimum atomic E-state index is -4.27. The molecule has 0 saturated heterocycles. The third-order valence-corrected chi connectivity index (χ3v) is 5.76. The Morgan fingerprint density at radius 2 is 1.71 bits per heavy atom. The highest BCUT2D eigenvalue weighted by Crippen LogP contribution is 2.45. The van der Waals surface area contributed by atoms with Crippen LogP contribution in [0.3, 0.4) is 0 Å². The number of benzene rings is 2. The van der Waals surface area contributed by atoms with Crippen molar-refractivity contribution in [2.75, 3.05) is 7.11 Å². The quantitative estimate of drug-likeness (QED) is 0.463. The molecule has 0 amide bonds.